The summed E-state index contributed by atoms with van der Waals surface area (Å²) in [4.78, 5) is 19.2. The Kier molecular flexibility index (Phi) is 7.91. The molecule has 0 spiro atoms. The monoisotopic (exact) mass is 482 g/mol. The molecule has 4 aromatic rings. The molecule has 0 saturated heterocycles. The van der Waals surface area contributed by atoms with Crippen molar-refractivity contribution in [3.05, 3.63) is 84.7 Å². The minimum absolute atomic E-state index is 0.0916. The number of carbonyl (C=O) groups is 1. The van der Waals surface area contributed by atoms with Gasteiger partial charge in [-0.1, -0.05) is 62.0 Å². The van der Waals surface area contributed by atoms with Gasteiger partial charge in [0.1, 0.15) is 0 Å². The summed E-state index contributed by atoms with van der Waals surface area (Å²) in [5, 5.41) is 18.6. The molecule has 0 fully saturated rings. The number of rotatable bonds is 9. The van der Waals surface area contributed by atoms with Crippen molar-refractivity contribution in [2.45, 2.75) is 31.3 Å². The molecule has 7 nitrogen and oxygen atoms in total. The van der Waals surface area contributed by atoms with E-state index in [4.69, 9.17) is 5.26 Å². The van der Waals surface area contributed by atoms with Gasteiger partial charge in [-0.3, -0.25) is 14.3 Å². The van der Waals surface area contributed by atoms with Crippen LogP contribution in [0.5, 0.6) is 0 Å². The second-order valence-corrected chi connectivity index (χ2v) is 9.12. The van der Waals surface area contributed by atoms with Crippen molar-refractivity contribution < 1.29 is 4.79 Å². The number of amides is 1. The molecular formula is C27H26N6OS. The molecule has 0 N–H and O–H groups in total. The fourth-order valence-electron chi connectivity index (χ4n) is 3.81. The molecule has 0 saturated carbocycles. The Morgan fingerprint density at radius 2 is 1.83 bits per heavy atom. The molecule has 2 aromatic carbocycles. The maximum absolute atomic E-state index is 13.3. The van der Waals surface area contributed by atoms with Gasteiger partial charge in [0.15, 0.2) is 11.0 Å². The lowest BCUT2D eigenvalue weighted by Gasteiger charge is -2.22. The van der Waals surface area contributed by atoms with Gasteiger partial charge in [-0.2, -0.15) is 5.26 Å². The molecule has 176 valence electrons. The number of nitrogens with zero attached hydrogens (tertiary/aromatic N) is 6. The lowest BCUT2D eigenvalue weighted by molar-refractivity contribution is -0.116. The van der Waals surface area contributed by atoms with Gasteiger partial charge >= 0.3 is 0 Å². The molecule has 0 atom stereocenters. The number of anilines is 1. The summed E-state index contributed by atoms with van der Waals surface area (Å²) >= 11 is 1.34. The fraction of sp³-hybridized carbons (Fsp3) is 0.222. The lowest BCUT2D eigenvalue weighted by Crippen LogP contribution is -2.33. The minimum Gasteiger partial charge on any atom is -0.311 e. The first-order chi connectivity index (χ1) is 17.1. The first kappa shape index (κ1) is 24.2. The molecule has 35 heavy (non-hydrogen) atoms. The molecule has 1 amide bonds. The van der Waals surface area contributed by atoms with E-state index >= 15 is 0 Å². The van der Waals surface area contributed by atoms with Crippen LogP contribution < -0.4 is 4.90 Å². The molecular weight excluding hydrogens is 456 g/mol. The summed E-state index contributed by atoms with van der Waals surface area (Å²) < 4.78 is 2.01. The van der Waals surface area contributed by atoms with Gasteiger partial charge in [0.25, 0.3) is 0 Å². The number of hydrogen-bond donors (Lipinski definition) is 0. The third kappa shape index (κ3) is 5.58. The predicted octanol–water partition coefficient (Wildman–Crippen LogP) is 5.49. The van der Waals surface area contributed by atoms with E-state index in [0.717, 1.165) is 22.5 Å². The van der Waals surface area contributed by atoms with E-state index < -0.39 is 0 Å². The molecule has 2 aromatic heterocycles. The van der Waals surface area contributed by atoms with E-state index in [1.807, 2.05) is 65.2 Å². The number of hydrogen-bond acceptors (Lipinski definition) is 6. The summed E-state index contributed by atoms with van der Waals surface area (Å²) in [6.45, 7) is 4.64. The molecule has 0 unspecified atom stereocenters. The van der Waals surface area contributed by atoms with Crippen molar-refractivity contribution in [3.8, 4) is 23.1 Å². The van der Waals surface area contributed by atoms with Gasteiger partial charge < -0.3 is 4.90 Å². The normalized spacial score (nSPS) is 10.8. The number of aromatic nitrogens is 4. The summed E-state index contributed by atoms with van der Waals surface area (Å²) in [7, 11) is 0. The van der Waals surface area contributed by atoms with Crippen molar-refractivity contribution >= 4 is 23.4 Å². The van der Waals surface area contributed by atoms with Crippen LogP contribution in [0, 0.1) is 11.3 Å². The van der Waals surface area contributed by atoms with Crippen LogP contribution in [0.2, 0.25) is 0 Å². The van der Waals surface area contributed by atoms with Crippen LogP contribution in [0.3, 0.4) is 0 Å². The Hall–Kier alpha value is -3.96. The average Bonchev–Trinajstić information content (AvgIpc) is 3.32. The molecule has 4 rings (SSSR count). The Labute approximate surface area is 209 Å². The van der Waals surface area contributed by atoms with Crippen LogP contribution in [0.25, 0.3) is 17.1 Å². The quantitative estimate of drug-likeness (QED) is 0.293. The highest BCUT2D eigenvalue weighted by atomic mass is 32.2. The molecule has 0 bridgehead atoms. The van der Waals surface area contributed by atoms with Crippen molar-refractivity contribution in [2.24, 2.45) is 0 Å². The van der Waals surface area contributed by atoms with Crippen molar-refractivity contribution in [2.75, 3.05) is 17.2 Å². The van der Waals surface area contributed by atoms with E-state index in [2.05, 4.69) is 41.2 Å². The van der Waals surface area contributed by atoms with E-state index in [0.29, 0.717) is 17.5 Å². The molecule has 2 heterocycles. The average molecular weight is 483 g/mol. The third-order valence-electron chi connectivity index (χ3n) is 5.49. The Morgan fingerprint density at radius 1 is 1.06 bits per heavy atom. The second-order valence-electron chi connectivity index (χ2n) is 8.17. The maximum atomic E-state index is 13.3. The van der Waals surface area contributed by atoms with Gasteiger partial charge in [-0.05, 0) is 41.8 Å². The predicted molar refractivity (Wildman–Crippen MR) is 138 cm³/mol. The number of para-hydroxylation sites is 2. The minimum atomic E-state index is -0.0916. The van der Waals surface area contributed by atoms with Crippen LogP contribution in [0.1, 0.15) is 31.7 Å². The summed E-state index contributed by atoms with van der Waals surface area (Å²) in [5.74, 6) is 1.03. The van der Waals surface area contributed by atoms with Crippen LogP contribution >= 0.6 is 11.8 Å². The van der Waals surface area contributed by atoms with Crippen molar-refractivity contribution in [1.82, 2.24) is 19.7 Å². The second kappa shape index (κ2) is 11.4. The molecule has 8 heteroatoms. The van der Waals surface area contributed by atoms with Gasteiger partial charge in [0.05, 0.1) is 23.9 Å². The van der Waals surface area contributed by atoms with Gasteiger partial charge in [-0.25, -0.2) is 0 Å². The highest BCUT2D eigenvalue weighted by Gasteiger charge is 2.22. The topological polar surface area (TPSA) is 87.7 Å². The zero-order valence-corrected chi connectivity index (χ0v) is 20.5. The van der Waals surface area contributed by atoms with Crippen molar-refractivity contribution in [1.29, 1.82) is 5.26 Å². The van der Waals surface area contributed by atoms with Crippen molar-refractivity contribution in [3.63, 3.8) is 0 Å². The fourth-order valence-corrected chi connectivity index (χ4v) is 4.63. The van der Waals surface area contributed by atoms with E-state index in [1.165, 1.54) is 11.8 Å². The summed E-state index contributed by atoms with van der Waals surface area (Å²) in [6.07, 6.45) is 3.74. The number of nitriles is 1. The summed E-state index contributed by atoms with van der Waals surface area (Å²) in [6, 6.07) is 23.5. The third-order valence-corrected chi connectivity index (χ3v) is 6.41. The standard InChI is InChI=1S/C27H26N6OS/c1-20(2)23-13-6-7-14-24(23)33-26(21-10-8-16-29-18-21)30-31-27(33)35-19-25(34)32(17-9-15-28)22-11-4-3-5-12-22/h3-8,10-14,16,18,20H,9,17,19H2,1-2H3. The molecule has 0 aliphatic carbocycles. The van der Waals surface area contributed by atoms with Gasteiger partial charge in [-0.15, -0.1) is 10.2 Å². The van der Waals surface area contributed by atoms with Gasteiger partial charge in [0, 0.05) is 30.2 Å². The zero-order chi connectivity index (χ0) is 24.6. The first-order valence-electron chi connectivity index (χ1n) is 11.4. The zero-order valence-electron chi connectivity index (χ0n) is 19.7. The van der Waals surface area contributed by atoms with E-state index in [-0.39, 0.29) is 24.0 Å². The molecule has 0 radical (unpaired) electrons. The number of benzene rings is 2. The number of pyridine rings is 1. The van der Waals surface area contributed by atoms with Crippen LogP contribution in [0.15, 0.2) is 84.3 Å². The highest BCUT2D eigenvalue weighted by molar-refractivity contribution is 7.99. The van der Waals surface area contributed by atoms with Crippen LogP contribution in [-0.2, 0) is 4.79 Å². The SMILES string of the molecule is CC(C)c1ccccc1-n1c(SCC(=O)N(CCC#N)c2ccccc2)nnc1-c1cccnc1. The number of carbonyl (C=O) groups excluding carboxylic acids is 1. The van der Waals surface area contributed by atoms with E-state index in [9.17, 15) is 4.79 Å². The Bertz CT molecular complexity index is 1310. The molecule has 0 aliphatic rings. The molecule has 0 aliphatic heterocycles. The highest BCUT2D eigenvalue weighted by Crippen LogP contribution is 2.32. The maximum Gasteiger partial charge on any atom is 0.237 e. The first-order valence-corrected chi connectivity index (χ1v) is 12.4. The largest absolute Gasteiger partial charge is 0.311 e. The van der Waals surface area contributed by atoms with Crippen LogP contribution in [-0.4, -0.2) is 38.0 Å². The van der Waals surface area contributed by atoms with Crippen LogP contribution in [0.4, 0.5) is 5.69 Å². The summed E-state index contributed by atoms with van der Waals surface area (Å²) in [5.41, 5.74) is 3.75. The van der Waals surface area contributed by atoms with E-state index in [1.54, 1.807) is 17.3 Å². The Morgan fingerprint density at radius 3 is 2.54 bits per heavy atom. The smallest absolute Gasteiger partial charge is 0.237 e. The number of thioether (sulfide) groups is 1. The lowest BCUT2D eigenvalue weighted by atomic mass is 10.0. The van der Waals surface area contributed by atoms with Gasteiger partial charge in [0.2, 0.25) is 5.91 Å². The Balaban J connectivity index is 1.68.